The number of esters is 1. The number of benzene rings is 3. The lowest BCUT2D eigenvalue weighted by Gasteiger charge is -2.17. The molecule has 3 rings (SSSR count). The lowest BCUT2D eigenvalue weighted by molar-refractivity contribution is -0.139. The van der Waals surface area contributed by atoms with Crippen LogP contribution in [0.25, 0.3) is 11.1 Å². The topological polar surface area (TPSA) is 55.4 Å². The highest BCUT2D eigenvalue weighted by atomic mass is 32.2. The molecule has 0 fully saturated rings. The lowest BCUT2D eigenvalue weighted by atomic mass is 10.0. The molecule has 5 heteroatoms. The van der Waals surface area contributed by atoms with E-state index in [-0.39, 0.29) is 17.9 Å². The standard InChI is InChI=1S/C25H25NO3S/c1-17(19-13-15-21(16-14-19)20-9-5-4-6-10-20)26-24(27)22-11-7-8-12-23(22)30-18(2)25(28)29-3/h4-18H,1-3H3,(H,26,27). The molecule has 2 atom stereocenters. The molecule has 0 heterocycles. The second-order valence-corrected chi connectivity index (χ2v) is 8.35. The van der Waals surface area contributed by atoms with Gasteiger partial charge in [0, 0.05) is 4.90 Å². The molecule has 0 spiro atoms. The number of carbonyl (C=O) groups excluding carboxylic acids is 2. The van der Waals surface area contributed by atoms with Crippen molar-refractivity contribution in [2.45, 2.75) is 30.0 Å². The molecule has 1 amide bonds. The molecular formula is C25H25NO3S. The first kappa shape index (κ1) is 21.7. The Bertz CT molecular complexity index is 1000. The van der Waals surface area contributed by atoms with E-state index in [0.717, 1.165) is 21.6 Å². The van der Waals surface area contributed by atoms with E-state index in [4.69, 9.17) is 4.74 Å². The average molecular weight is 420 g/mol. The quantitative estimate of drug-likeness (QED) is 0.406. The van der Waals surface area contributed by atoms with Crippen LogP contribution in [0.15, 0.2) is 83.8 Å². The molecule has 4 nitrogen and oxygen atoms in total. The van der Waals surface area contributed by atoms with Crippen molar-refractivity contribution in [1.82, 2.24) is 5.32 Å². The van der Waals surface area contributed by atoms with E-state index in [9.17, 15) is 9.59 Å². The van der Waals surface area contributed by atoms with Crippen LogP contribution in [0.2, 0.25) is 0 Å². The first-order chi connectivity index (χ1) is 14.5. The van der Waals surface area contributed by atoms with Crippen LogP contribution < -0.4 is 5.32 Å². The maximum absolute atomic E-state index is 12.9. The fourth-order valence-electron chi connectivity index (χ4n) is 3.11. The molecule has 1 N–H and O–H groups in total. The monoisotopic (exact) mass is 419 g/mol. The van der Waals surface area contributed by atoms with Crippen molar-refractivity contribution in [3.05, 3.63) is 90.0 Å². The molecule has 0 aliphatic carbocycles. The number of rotatable bonds is 7. The van der Waals surface area contributed by atoms with E-state index >= 15 is 0 Å². The molecular weight excluding hydrogens is 394 g/mol. The van der Waals surface area contributed by atoms with Gasteiger partial charge < -0.3 is 10.1 Å². The van der Waals surface area contributed by atoms with E-state index in [1.165, 1.54) is 18.9 Å². The maximum Gasteiger partial charge on any atom is 0.318 e. The zero-order chi connectivity index (χ0) is 21.5. The molecule has 0 aromatic heterocycles. The van der Waals surface area contributed by atoms with E-state index in [1.807, 2.05) is 55.5 Å². The largest absolute Gasteiger partial charge is 0.468 e. The Balaban J connectivity index is 1.71. The number of hydrogen-bond donors (Lipinski definition) is 1. The summed E-state index contributed by atoms with van der Waals surface area (Å²) in [5.41, 5.74) is 3.87. The number of amides is 1. The summed E-state index contributed by atoms with van der Waals surface area (Å²) in [6, 6.07) is 25.5. The minimum atomic E-state index is -0.396. The Labute approximate surface area is 181 Å². The first-order valence-electron chi connectivity index (χ1n) is 9.79. The van der Waals surface area contributed by atoms with Gasteiger partial charge in [0.15, 0.2) is 0 Å². The van der Waals surface area contributed by atoms with Crippen LogP contribution in [0.3, 0.4) is 0 Å². The number of carbonyl (C=O) groups is 2. The van der Waals surface area contributed by atoms with Crippen LogP contribution in [0, 0.1) is 0 Å². The summed E-state index contributed by atoms with van der Waals surface area (Å²) in [7, 11) is 1.36. The van der Waals surface area contributed by atoms with Crippen molar-refractivity contribution in [2.75, 3.05) is 7.11 Å². The van der Waals surface area contributed by atoms with E-state index in [1.54, 1.807) is 13.0 Å². The maximum atomic E-state index is 12.9. The third-order valence-corrected chi connectivity index (χ3v) is 5.99. The van der Waals surface area contributed by atoms with Crippen molar-refractivity contribution in [3.8, 4) is 11.1 Å². The summed E-state index contributed by atoms with van der Waals surface area (Å²) >= 11 is 1.32. The summed E-state index contributed by atoms with van der Waals surface area (Å²) in [5.74, 6) is -0.489. The van der Waals surface area contributed by atoms with Gasteiger partial charge in [-0.25, -0.2) is 0 Å². The summed E-state index contributed by atoms with van der Waals surface area (Å²) in [4.78, 5) is 25.4. The van der Waals surface area contributed by atoms with Crippen molar-refractivity contribution >= 4 is 23.6 Å². The number of hydrogen-bond acceptors (Lipinski definition) is 4. The number of nitrogens with one attached hydrogen (secondary N) is 1. The van der Waals surface area contributed by atoms with Crippen LogP contribution >= 0.6 is 11.8 Å². The van der Waals surface area contributed by atoms with Gasteiger partial charge in [-0.2, -0.15) is 0 Å². The molecule has 0 aliphatic heterocycles. The second kappa shape index (κ2) is 10.1. The molecule has 0 radical (unpaired) electrons. The Morgan fingerprint density at radius 1 is 0.833 bits per heavy atom. The van der Waals surface area contributed by atoms with Crippen molar-refractivity contribution < 1.29 is 14.3 Å². The molecule has 0 saturated heterocycles. The van der Waals surface area contributed by atoms with Gasteiger partial charge in [-0.3, -0.25) is 9.59 Å². The first-order valence-corrected chi connectivity index (χ1v) is 10.7. The van der Waals surface area contributed by atoms with Gasteiger partial charge in [0.05, 0.1) is 18.7 Å². The Kier molecular flexibility index (Phi) is 7.31. The minimum absolute atomic E-state index is 0.154. The highest BCUT2D eigenvalue weighted by Crippen LogP contribution is 2.28. The van der Waals surface area contributed by atoms with Crippen molar-refractivity contribution in [1.29, 1.82) is 0 Å². The minimum Gasteiger partial charge on any atom is -0.468 e. The predicted octanol–water partition coefficient (Wildman–Crippen LogP) is 5.50. The zero-order valence-electron chi connectivity index (χ0n) is 17.3. The van der Waals surface area contributed by atoms with Crippen molar-refractivity contribution in [3.63, 3.8) is 0 Å². The second-order valence-electron chi connectivity index (χ2n) is 6.96. The number of ether oxygens (including phenoxy) is 1. The predicted molar refractivity (Wildman–Crippen MR) is 122 cm³/mol. The molecule has 0 saturated carbocycles. The molecule has 2 unspecified atom stereocenters. The van der Waals surface area contributed by atoms with Gasteiger partial charge in [0.1, 0.15) is 5.25 Å². The molecule has 0 bridgehead atoms. The summed E-state index contributed by atoms with van der Waals surface area (Å²) in [5, 5.41) is 2.66. The Morgan fingerprint density at radius 3 is 2.10 bits per heavy atom. The van der Waals surface area contributed by atoms with Gasteiger partial charge in [-0.1, -0.05) is 66.7 Å². The van der Waals surface area contributed by atoms with Crippen LogP contribution in [0.4, 0.5) is 0 Å². The normalized spacial score (nSPS) is 12.6. The summed E-state index contributed by atoms with van der Waals surface area (Å²) < 4.78 is 4.79. The molecule has 0 aliphatic rings. The van der Waals surface area contributed by atoms with E-state index in [0.29, 0.717) is 5.56 Å². The highest BCUT2D eigenvalue weighted by Gasteiger charge is 2.20. The van der Waals surface area contributed by atoms with Crippen LogP contribution in [0.5, 0.6) is 0 Å². The third-order valence-electron chi connectivity index (χ3n) is 4.83. The highest BCUT2D eigenvalue weighted by molar-refractivity contribution is 8.00. The Hall–Kier alpha value is -3.05. The number of thioether (sulfide) groups is 1. The summed E-state index contributed by atoms with van der Waals surface area (Å²) in [6.45, 7) is 3.73. The zero-order valence-corrected chi connectivity index (χ0v) is 18.1. The van der Waals surface area contributed by atoms with Gasteiger partial charge in [0.2, 0.25) is 0 Å². The van der Waals surface area contributed by atoms with Gasteiger partial charge in [-0.15, -0.1) is 11.8 Å². The third kappa shape index (κ3) is 5.30. The van der Waals surface area contributed by atoms with Crippen LogP contribution in [-0.4, -0.2) is 24.2 Å². The van der Waals surface area contributed by atoms with Crippen LogP contribution in [-0.2, 0) is 9.53 Å². The summed E-state index contributed by atoms with van der Waals surface area (Å²) in [6.07, 6.45) is 0. The van der Waals surface area contributed by atoms with Gasteiger partial charge in [-0.05, 0) is 42.7 Å². The lowest BCUT2D eigenvalue weighted by Crippen LogP contribution is -2.27. The van der Waals surface area contributed by atoms with Crippen molar-refractivity contribution in [2.24, 2.45) is 0 Å². The SMILES string of the molecule is COC(=O)C(C)Sc1ccccc1C(=O)NC(C)c1ccc(-c2ccccc2)cc1. The molecule has 3 aromatic carbocycles. The van der Waals surface area contributed by atoms with Crippen LogP contribution in [0.1, 0.15) is 35.8 Å². The molecule has 3 aromatic rings. The smallest absolute Gasteiger partial charge is 0.318 e. The molecule has 154 valence electrons. The number of methoxy groups -OCH3 is 1. The fraction of sp³-hybridized carbons (Fsp3) is 0.200. The van der Waals surface area contributed by atoms with Gasteiger partial charge in [0.25, 0.3) is 5.91 Å². The van der Waals surface area contributed by atoms with E-state index in [2.05, 4.69) is 29.6 Å². The fourth-order valence-corrected chi connectivity index (χ4v) is 4.13. The molecule has 30 heavy (non-hydrogen) atoms. The Morgan fingerprint density at radius 2 is 1.43 bits per heavy atom. The van der Waals surface area contributed by atoms with Gasteiger partial charge >= 0.3 is 5.97 Å². The van der Waals surface area contributed by atoms with E-state index < -0.39 is 5.25 Å². The average Bonchev–Trinajstić information content (AvgIpc) is 2.79.